The molecular formula is C9H12BrNS. The maximum absolute atomic E-state index is 3.66. The van der Waals surface area contributed by atoms with Crippen LogP contribution in [0.5, 0.6) is 0 Å². The van der Waals surface area contributed by atoms with E-state index in [1.54, 1.807) is 11.3 Å². The van der Waals surface area contributed by atoms with E-state index >= 15 is 0 Å². The Balaban J connectivity index is 2.52. The van der Waals surface area contributed by atoms with Crippen LogP contribution in [0.1, 0.15) is 17.8 Å². The highest BCUT2D eigenvalue weighted by atomic mass is 79.9. The van der Waals surface area contributed by atoms with Gasteiger partial charge in [-0.15, -0.1) is 17.9 Å². The van der Waals surface area contributed by atoms with Gasteiger partial charge in [-0.05, 0) is 35.0 Å². The van der Waals surface area contributed by atoms with E-state index in [0.717, 1.165) is 6.54 Å². The Morgan fingerprint density at radius 1 is 1.75 bits per heavy atom. The molecule has 3 heteroatoms. The lowest BCUT2D eigenvalue weighted by Crippen LogP contribution is -2.17. The molecule has 0 radical (unpaired) electrons. The molecule has 1 nitrogen and oxygen atoms in total. The first-order valence-electron chi connectivity index (χ1n) is 3.83. The molecule has 0 saturated carbocycles. The molecule has 0 saturated heterocycles. The first kappa shape index (κ1) is 9.96. The second kappa shape index (κ2) is 4.80. The summed E-state index contributed by atoms with van der Waals surface area (Å²) in [5.41, 5.74) is 0. The van der Waals surface area contributed by atoms with E-state index in [1.807, 2.05) is 6.08 Å². The second-order valence-corrected chi connectivity index (χ2v) is 5.06. The van der Waals surface area contributed by atoms with Gasteiger partial charge in [-0.3, -0.25) is 0 Å². The zero-order chi connectivity index (χ0) is 8.97. The summed E-state index contributed by atoms with van der Waals surface area (Å²) >= 11 is 5.21. The summed E-state index contributed by atoms with van der Waals surface area (Å²) in [5.74, 6) is 0. The van der Waals surface area contributed by atoms with Crippen LogP contribution in [-0.2, 0) is 0 Å². The minimum Gasteiger partial charge on any atom is -0.306 e. The van der Waals surface area contributed by atoms with Crippen LogP contribution in [0.25, 0.3) is 0 Å². The summed E-state index contributed by atoms with van der Waals surface area (Å²) < 4.78 is 1.18. The van der Waals surface area contributed by atoms with E-state index in [-0.39, 0.29) is 0 Å². The second-order valence-electron chi connectivity index (χ2n) is 2.56. The summed E-state index contributed by atoms with van der Waals surface area (Å²) in [7, 11) is 0. The Bertz CT molecular complexity index is 257. The first-order valence-corrected chi connectivity index (χ1v) is 5.44. The molecule has 66 valence electrons. The molecule has 0 amide bonds. The van der Waals surface area contributed by atoms with Crippen molar-refractivity contribution in [2.24, 2.45) is 0 Å². The van der Waals surface area contributed by atoms with Gasteiger partial charge in [0.25, 0.3) is 0 Å². The van der Waals surface area contributed by atoms with E-state index in [0.29, 0.717) is 6.04 Å². The van der Waals surface area contributed by atoms with Crippen molar-refractivity contribution in [3.63, 3.8) is 0 Å². The molecule has 0 aliphatic heterocycles. The van der Waals surface area contributed by atoms with Gasteiger partial charge in [-0.2, -0.15) is 0 Å². The summed E-state index contributed by atoms with van der Waals surface area (Å²) in [4.78, 5) is 1.35. The summed E-state index contributed by atoms with van der Waals surface area (Å²) in [6.07, 6.45) is 1.87. The van der Waals surface area contributed by atoms with Gasteiger partial charge in [-0.1, -0.05) is 6.08 Å². The molecule has 0 fully saturated rings. The van der Waals surface area contributed by atoms with Gasteiger partial charge in [0.15, 0.2) is 0 Å². The predicted molar refractivity (Wildman–Crippen MR) is 58.6 cm³/mol. The van der Waals surface area contributed by atoms with E-state index < -0.39 is 0 Å². The number of halogens is 1. The number of hydrogen-bond acceptors (Lipinski definition) is 2. The van der Waals surface area contributed by atoms with Crippen LogP contribution in [-0.4, -0.2) is 6.54 Å². The third-order valence-corrected chi connectivity index (χ3v) is 3.40. The Hall–Kier alpha value is -0.120. The average molecular weight is 246 g/mol. The van der Waals surface area contributed by atoms with Crippen LogP contribution in [0, 0.1) is 0 Å². The third-order valence-electron chi connectivity index (χ3n) is 1.59. The van der Waals surface area contributed by atoms with Crippen LogP contribution in [0.15, 0.2) is 28.6 Å². The Kier molecular flexibility index (Phi) is 3.98. The van der Waals surface area contributed by atoms with Crippen LogP contribution >= 0.6 is 27.3 Å². The van der Waals surface area contributed by atoms with Gasteiger partial charge >= 0.3 is 0 Å². The van der Waals surface area contributed by atoms with Gasteiger partial charge in [0.05, 0.1) is 3.79 Å². The molecule has 1 aromatic rings. The number of hydrogen-bond donors (Lipinski definition) is 1. The molecule has 0 bridgehead atoms. The first-order chi connectivity index (χ1) is 5.74. The molecule has 1 aromatic heterocycles. The Morgan fingerprint density at radius 2 is 2.50 bits per heavy atom. The molecule has 0 spiro atoms. The van der Waals surface area contributed by atoms with Gasteiger partial charge in [0.1, 0.15) is 0 Å². The molecule has 1 N–H and O–H groups in total. The van der Waals surface area contributed by atoms with Gasteiger partial charge in [0.2, 0.25) is 0 Å². The molecule has 12 heavy (non-hydrogen) atoms. The normalized spacial score (nSPS) is 12.8. The molecule has 0 aliphatic rings. The zero-order valence-electron chi connectivity index (χ0n) is 7.01. The third kappa shape index (κ3) is 2.73. The van der Waals surface area contributed by atoms with E-state index in [1.165, 1.54) is 8.66 Å². The van der Waals surface area contributed by atoms with Gasteiger partial charge in [-0.25, -0.2) is 0 Å². The maximum atomic E-state index is 3.66. The molecule has 1 heterocycles. The minimum absolute atomic E-state index is 0.416. The highest BCUT2D eigenvalue weighted by molar-refractivity contribution is 9.11. The van der Waals surface area contributed by atoms with Crippen molar-refractivity contribution in [2.75, 3.05) is 6.54 Å². The highest BCUT2D eigenvalue weighted by Crippen LogP contribution is 2.26. The molecule has 0 aliphatic carbocycles. The smallest absolute Gasteiger partial charge is 0.0701 e. The molecule has 1 rings (SSSR count). The van der Waals surface area contributed by atoms with Crippen molar-refractivity contribution in [3.8, 4) is 0 Å². The monoisotopic (exact) mass is 245 g/mol. The lowest BCUT2D eigenvalue weighted by atomic mass is 10.3. The van der Waals surface area contributed by atoms with Crippen LogP contribution < -0.4 is 5.32 Å². The molecule has 1 unspecified atom stereocenters. The van der Waals surface area contributed by atoms with Crippen LogP contribution in [0.2, 0.25) is 0 Å². The number of nitrogens with one attached hydrogen (secondary N) is 1. The summed E-state index contributed by atoms with van der Waals surface area (Å²) in [6, 6.07) is 4.63. The standard InChI is InChI=1S/C9H12BrNS/c1-3-6-11-7(2)8-4-5-9(10)12-8/h3-5,7,11H,1,6H2,2H3. The fraction of sp³-hybridized carbons (Fsp3) is 0.333. The molecular weight excluding hydrogens is 234 g/mol. The van der Waals surface area contributed by atoms with E-state index in [9.17, 15) is 0 Å². The van der Waals surface area contributed by atoms with Gasteiger partial charge in [0, 0.05) is 17.5 Å². The Morgan fingerprint density at radius 3 is 3.00 bits per heavy atom. The van der Waals surface area contributed by atoms with Crippen molar-refractivity contribution < 1.29 is 0 Å². The predicted octanol–water partition coefficient (Wildman–Crippen LogP) is 3.35. The fourth-order valence-electron chi connectivity index (χ4n) is 0.922. The lowest BCUT2D eigenvalue weighted by molar-refractivity contribution is 0.628. The topological polar surface area (TPSA) is 12.0 Å². The average Bonchev–Trinajstić information content (AvgIpc) is 2.47. The maximum Gasteiger partial charge on any atom is 0.0701 e. The number of rotatable bonds is 4. The van der Waals surface area contributed by atoms with Crippen molar-refractivity contribution in [2.45, 2.75) is 13.0 Å². The SMILES string of the molecule is C=CCNC(C)c1ccc(Br)s1. The van der Waals surface area contributed by atoms with E-state index in [4.69, 9.17) is 0 Å². The highest BCUT2D eigenvalue weighted by Gasteiger charge is 2.05. The van der Waals surface area contributed by atoms with E-state index in [2.05, 4.69) is 46.9 Å². The largest absolute Gasteiger partial charge is 0.306 e. The van der Waals surface area contributed by atoms with Crippen molar-refractivity contribution in [1.29, 1.82) is 0 Å². The van der Waals surface area contributed by atoms with Crippen molar-refractivity contribution >= 4 is 27.3 Å². The Labute approximate surface area is 85.6 Å². The fourth-order valence-corrected chi connectivity index (χ4v) is 2.37. The van der Waals surface area contributed by atoms with Crippen molar-refractivity contribution in [3.05, 3.63) is 33.5 Å². The summed E-state index contributed by atoms with van der Waals surface area (Å²) in [5, 5.41) is 3.33. The zero-order valence-corrected chi connectivity index (χ0v) is 9.41. The molecule has 1 atom stereocenters. The summed E-state index contributed by atoms with van der Waals surface area (Å²) in [6.45, 7) is 6.68. The van der Waals surface area contributed by atoms with Crippen LogP contribution in [0.4, 0.5) is 0 Å². The molecule has 0 aromatic carbocycles. The minimum atomic E-state index is 0.416. The quantitative estimate of drug-likeness (QED) is 0.803. The van der Waals surface area contributed by atoms with Crippen LogP contribution in [0.3, 0.4) is 0 Å². The lowest BCUT2D eigenvalue weighted by Gasteiger charge is -2.08. The number of thiophene rings is 1. The van der Waals surface area contributed by atoms with Crippen molar-refractivity contribution in [1.82, 2.24) is 5.32 Å². The van der Waals surface area contributed by atoms with Gasteiger partial charge < -0.3 is 5.32 Å².